The largest absolute Gasteiger partial charge is 0.325 e. The van der Waals surface area contributed by atoms with Crippen LogP contribution in [0.5, 0.6) is 0 Å². The van der Waals surface area contributed by atoms with Gasteiger partial charge in [0.2, 0.25) is 0 Å². The number of hydrogen-bond donors (Lipinski definition) is 3. The van der Waals surface area contributed by atoms with Crippen molar-refractivity contribution in [2.45, 2.75) is 43.5 Å². The summed E-state index contributed by atoms with van der Waals surface area (Å²) in [6.07, 6.45) is 3.49. The fourth-order valence-corrected chi connectivity index (χ4v) is 4.45. The molecule has 0 bridgehead atoms. The minimum Gasteiger partial charge on any atom is -0.324 e. The molecule has 0 radical (unpaired) electrons. The van der Waals surface area contributed by atoms with E-state index in [1.165, 1.54) is 30.0 Å². The van der Waals surface area contributed by atoms with E-state index in [1.807, 2.05) is 6.07 Å². The molecule has 0 aliphatic rings. The van der Waals surface area contributed by atoms with E-state index in [-0.39, 0.29) is 35.4 Å². The van der Waals surface area contributed by atoms with Crippen molar-refractivity contribution in [1.82, 2.24) is 5.32 Å². The van der Waals surface area contributed by atoms with Crippen LogP contribution in [-0.4, -0.2) is 28.2 Å². The maximum Gasteiger partial charge on any atom is 0.325 e. The number of halogens is 3. The lowest BCUT2D eigenvalue weighted by Crippen LogP contribution is -2.17. The van der Waals surface area contributed by atoms with Gasteiger partial charge in [-0.25, -0.2) is 13.2 Å². The van der Waals surface area contributed by atoms with Gasteiger partial charge < -0.3 is 15.1 Å². The lowest BCUT2D eigenvalue weighted by molar-refractivity contribution is 0.371. The van der Waals surface area contributed by atoms with Crippen molar-refractivity contribution in [2.24, 2.45) is 0 Å². The number of benzene rings is 2. The van der Waals surface area contributed by atoms with E-state index in [4.69, 9.17) is 9.79 Å². The standard InChI is InChI=1S/C21H27F3NO3PS/c22-18-8-4-7-16(12-18)6-2-1-3-11-30-21-14-19(23)17(13-20(21)24)15-25-9-5-10-29(26,27)28/h4,7-8,12-14,25H,1-3,5-6,9-11,15H2,(H2,26,27,28). The Morgan fingerprint density at radius 3 is 2.50 bits per heavy atom. The van der Waals surface area contributed by atoms with Gasteiger partial charge in [0, 0.05) is 17.0 Å². The summed E-state index contributed by atoms with van der Waals surface area (Å²) >= 11 is 1.27. The van der Waals surface area contributed by atoms with Crippen LogP contribution in [0.3, 0.4) is 0 Å². The highest BCUT2D eigenvalue weighted by molar-refractivity contribution is 7.99. The third-order valence-corrected chi connectivity index (χ3v) is 6.49. The molecule has 0 amide bonds. The first-order valence-electron chi connectivity index (χ1n) is 9.85. The maximum atomic E-state index is 14.2. The Morgan fingerprint density at radius 1 is 0.967 bits per heavy atom. The fraction of sp³-hybridized carbons (Fsp3) is 0.429. The zero-order chi connectivity index (χ0) is 22.0. The van der Waals surface area contributed by atoms with Crippen LogP contribution in [0.15, 0.2) is 41.3 Å². The second-order valence-electron chi connectivity index (χ2n) is 7.08. The first-order chi connectivity index (χ1) is 14.2. The topological polar surface area (TPSA) is 69.6 Å². The molecular formula is C21H27F3NO3PS. The van der Waals surface area contributed by atoms with Crippen LogP contribution in [0.4, 0.5) is 13.2 Å². The van der Waals surface area contributed by atoms with E-state index >= 15 is 0 Å². The normalized spacial score (nSPS) is 11.8. The fourth-order valence-electron chi connectivity index (χ4n) is 2.93. The molecule has 3 N–H and O–H groups in total. The molecule has 2 rings (SSSR count). The Balaban J connectivity index is 1.68. The monoisotopic (exact) mass is 461 g/mol. The number of hydrogen-bond acceptors (Lipinski definition) is 3. The van der Waals surface area contributed by atoms with Crippen molar-refractivity contribution < 1.29 is 27.5 Å². The van der Waals surface area contributed by atoms with Crippen LogP contribution >= 0.6 is 19.4 Å². The van der Waals surface area contributed by atoms with Gasteiger partial charge in [-0.05, 0) is 67.8 Å². The number of thioether (sulfide) groups is 1. The maximum absolute atomic E-state index is 14.2. The van der Waals surface area contributed by atoms with E-state index in [1.54, 1.807) is 6.07 Å². The van der Waals surface area contributed by atoms with Gasteiger partial charge >= 0.3 is 7.60 Å². The lowest BCUT2D eigenvalue weighted by Gasteiger charge is -2.10. The summed E-state index contributed by atoms with van der Waals surface area (Å²) in [5.74, 6) is -0.555. The number of unbranched alkanes of at least 4 members (excludes halogenated alkanes) is 2. The van der Waals surface area contributed by atoms with Gasteiger partial charge in [0.05, 0.1) is 6.16 Å². The Bertz CT molecular complexity index is 863. The Kier molecular flexibility index (Phi) is 10.4. The van der Waals surface area contributed by atoms with Gasteiger partial charge in [-0.15, -0.1) is 11.8 Å². The summed E-state index contributed by atoms with van der Waals surface area (Å²) in [4.78, 5) is 17.8. The van der Waals surface area contributed by atoms with Crippen LogP contribution in [-0.2, 0) is 17.5 Å². The van der Waals surface area contributed by atoms with Gasteiger partial charge in [-0.3, -0.25) is 4.57 Å². The van der Waals surface area contributed by atoms with Gasteiger partial charge in [0.25, 0.3) is 0 Å². The van der Waals surface area contributed by atoms with E-state index in [0.29, 0.717) is 12.3 Å². The van der Waals surface area contributed by atoms with Crippen LogP contribution in [0.1, 0.15) is 36.8 Å². The molecular weight excluding hydrogens is 434 g/mol. The lowest BCUT2D eigenvalue weighted by atomic mass is 10.1. The molecule has 0 aliphatic carbocycles. The van der Waals surface area contributed by atoms with Crippen LogP contribution in [0, 0.1) is 17.5 Å². The van der Waals surface area contributed by atoms with E-state index < -0.39 is 19.2 Å². The summed E-state index contributed by atoms with van der Waals surface area (Å²) in [6, 6.07) is 8.89. The zero-order valence-electron chi connectivity index (χ0n) is 16.6. The summed E-state index contributed by atoms with van der Waals surface area (Å²) in [5.41, 5.74) is 1.14. The van der Waals surface area contributed by atoms with Gasteiger partial charge in [0.1, 0.15) is 17.5 Å². The second kappa shape index (κ2) is 12.5. The molecule has 9 heteroatoms. The summed E-state index contributed by atoms with van der Waals surface area (Å²) in [5, 5.41) is 2.86. The van der Waals surface area contributed by atoms with Gasteiger partial charge in [-0.2, -0.15) is 0 Å². The van der Waals surface area contributed by atoms with Crippen LogP contribution in [0.25, 0.3) is 0 Å². The van der Waals surface area contributed by atoms with Crippen molar-refractivity contribution in [3.8, 4) is 0 Å². The molecule has 30 heavy (non-hydrogen) atoms. The predicted octanol–water partition coefficient (Wildman–Crippen LogP) is 5.27. The van der Waals surface area contributed by atoms with E-state index in [0.717, 1.165) is 37.3 Å². The number of aryl methyl sites for hydroxylation is 1. The summed E-state index contributed by atoms with van der Waals surface area (Å²) in [6.45, 7) is 0.396. The minimum atomic E-state index is -4.03. The van der Waals surface area contributed by atoms with E-state index in [2.05, 4.69) is 5.32 Å². The van der Waals surface area contributed by atoms with Crippen molar-refractivity contribution in [1.29, 1.82) is 0 Å². The molecule has 0 heterocycles. The molecule has 0 atom stereocenters. The molecule has 0 spiro atoms. The Labute approximate surface area is 179 Å². The first-order valence-corrected chi connectivity index (χ1v) is 12.6. The van der Waals surface area contributed by atoms with Crippen LogP contribution < -0.4 is 5.32 Å². The van der Waals surface area contributed by atoms with Crippen molar-refractivity contribution >= 4 is 19.4 Å². The summed E-state index contributed by atoms with van der Waals surface area (Å²) in [7, 11) is -4.03. The zero-order valence-corrected chi connectivity index (χ0v) is 18.3. The molecule has 0 fully saturated rings. The quantitative estimate of drug-likeness (QED) is 0.216. The Morgan fingerprint density at radius 2 is 1.77 bits per heavy atom. The molecule has 0 saturated heterocycles. The average Bonchev–Trinajstić information content (AvgIpc) is 2.66. The molecule has 4 nitrogen and oxygen atoms in total. The van der Waals surface area contributed by atoms with Gasteiger partial charge in [-0.1, -0.05) is 18.6 Å². The van der Waals surface area contributed by atoms with Crippen LogP contribution in [0.2, 0.25) is 0 Å². The number of nitrogens with one attached hydrogen (secondary N) is 1. The first kappa shape index (κ1) is 25.0. The molecule has 166 valence electrons. The highest BCUT2D eigenvalue weighted by Crippen LogP contribution is 2.34. The highest BCUT2D eigenvalue weighted by Gasteiger charge is 2.13. The molecule has 2 aromatic rings. The molecule has 0 unspecified atom stereocenters. The smallest absolute Gasteiger partial charge is 0.324 e. The second-order valence-corrected chi connectivity index (χ2v) is 10.00. The molecule has 0 aromatic heterocycles. The van der Waals surface area contributed by atoms with Crippen molar-refractivity contribution in [2.75, 3.05) is 18.5 Å². The third-order valence-electron chi connectivity index (χ3n) is 4.48. The molecule has 0 saturated carbocycles. The highest BCUT2D eigenvalue weighted by atomic mass is 32.2. The minimum absolute atomic E-state index is 0.0922. The van der Waals surface area contributed by atoms with Gasteiger partial charge in [0.15, 0.2) is 0 Å². The predicted molar refractivity (Wildman–Crippen MR) is 114 cm³/mol. The molecule has 2 aromatic carbocycles. The number of rotatable bonds is 13. The average molecular weight is 461 g/mol. The third kappa shape index (κ3) is 9.67. The Hall–Kier alpha value is -1.31. The van der Waals surface area contributed by atoms with E-state index in [9.17, 15) is 17.7 Å². The van der Waals surface area contributed by atoms with Crippen molar-refractivity contribution in [3.63, 3.8) is 0 Å². The molecule has 0 aliphatic heterocycles. The SMILES string of the molecule is O=P(O)(O)CCCNCc1cc(F)c(SCCCCCc2cccc(F)c2)cc1F. The summed E-state index contributed by atoms with van der Waals surface area (Å²) < 4.78 is 52.3. The van der Waals surface area contributed by atoms with Crippen molar-refractivity contribution in [3.05, 3.63) is 65.0 Å².